The molecule has 1 aromatic heterocycles. The number of sulfone groups is 1. The normalized spacial score (nSPS) is 12.4. The van der Waals surface area contributed by atoms with Gasteiger partial charge in [-0.05, 0) is 13.8 Å². The fourth-order valence-electron chi connectivity index (χ4n) is 1.17. The highest BCUT2D eigenvalue weighted by atomic mass is 32.2. The maximum Gasteiger partial charge on any atom is 0.240 e. The van der Waals surface area contributed by atoms with Crippen LogP contribution in [0.25, 0.3) is 0 Å². The molecule has 0 spiro atoms. The molecule has 1 rings (SSSR count). The third kappa shape index (κ3) is 3.22. The molecule has 3 N–H and O–H groups in total. The van der Waals surface area contributed by atoms with Crippen molar-refractivity contribution < 1.29 is 13.2 Å². The second-order valence-electron chi connectivity index (χ2n) is 4.58. The Labute approximate surface area is 106 Å². The van der Waals surface area contributed by atoms with Crippen molar-refractivity contribution in [2.24, 2.45) is 0 Å². The molecule has 0 saturated carbocycles. The molecule has 0 bridgehead atoms. The first-order valence-electron chi connectivity index (χ1n) is 5.40. The van der Waals surface area contributed by atoms with Gasteiger partial charge in [-0.2, -0.15) is 5.10 Å². The van der Waals surface area contributed by atoms with Gasteiger partial charge in [0.2, 0.25) is 5.91 Å². The maximum atomic E-state index is 11.8. The van der Waals surface area contributed by atoms with E-state index in [1.54, 1.807) is 10.9 Å². The second kappa shape index (κ2) is 4.97. The average Bonchev–Trinajstić information content (AvgIpc) is 2.62. The van der Waals surface area contributed by atoms with Crippen LogP contribution in [0.3, 0.4) is 0 Å². The van der Waals surface area contributed by atoms with E-state index in [1.807, 2.05) is 0 Å². The van der Waals surface area contributed by atoms with Crippen LogP contribution in [0, 0.1) is 0 Å². The summed E-state index contributed by atoms with van der Waals surface area (Å²) in [4.78, 5) is 11.8. The lowest BCUT2D eigenvalue weighted by Gasteiger charge is -2.21. The van der Waals surface area contributed by atoms with Gasteiger partial charge < -0.3 is 11.1 Å². The Morgan fingerprint density at radius 1 is 1.56 bits per heavy atom. The van der Waals surface area contributed by atoms with Crippen molar-refractivity contribution in [2.45, 2.75) is 25.1 Å². The molecule has 0 aliphatic heterocycles. The number of nitrogen functional groups attached to an aromatic ring is 1. The topological polar surface area (TPSA) is 107 Å². The zero-order valence-corrected chi connectivity index (χ0v) is 11.5. The Morgan fingerprint density at radius 2 is 2.17 bits per heavy atom. The van der Waals surface area contributed by atoms with Gasteiger partial charge in [-0.25, -0.2) is 8.42 Å². The van der Waals surface area contributed by atoms with E-state index in [1.165, 1.54) is 20.0 Å². The number of amides is 1. The van der Waals surface area contributed by atoms with Crippen LogP contribution in [0.2, 0.25) is 0 Å². The number of carbonyl (C=O) groups is 1. The summed E-state index contributed by atoms with van der Waals surface area (Å²) >= 11 is 0. The predicted molar refractivity (Wildman–Crippen MR) is 68.6 cm³/mol. The van der Waals surface area contributed by atoms with Crippen molar-refractivity contribution in [3.8, 4) is 0 Å². The summed E-state index contributed by atoms with van der Waals surface area (Å²) in [6.45, 7) is 3.48. The summed E-state index contributed by atoms with van der Waals surface area (Å²) in [5.74, 6) is -0.523. The Bertz CT molecular complexity index is 533. The maximum absolute atomic E-state index is 11.8. The molecule has 0 saturated heterocycles. The van der Waals surface area contributed by atoms with Crippen molar-refractivity contribution in [3.05, 3.63) is 12.4 Å². The fourth-order valence-corrected chi connectivity index (χ4v) is 1.58. The minimum absolute atomic E-state index is 0.291. The van der Waals surface area contributed by atoms with Gasteiger partial charge >= 0.3 is 0 Å². The highest BCUT2D eigenvalue weighted by Gasteiger charge is 2.38. The molecule has 0 aromatic carbocycles. The summed E-state index contributed by atoms with van der Waals surface area (Å²) in [6, 6.07) is 0. The molecule has 0 aliphatic carbocycles. The summed E-state index contributed by atoms with van der Waals surface area (Å²) < 4.78 is 23.0. The van der Waals surface area contributed by atoms with E-state index in [4.69, 9.17) is 5.73 Å². The summed E-state index contributed by atoms with van der Waals surface area (Å²) in [7, 11) is -3.45. The molecule has 1 amide bonds. The van der Waals surface area contributed by atoms with Crippen LogP contribution in [0.15, 0.2) is 12.4 Å². The minimum atomic E-state index is -3.45. The standard InChI is InChI=1S/C10H18N4O3S/c1-10(2,18(3,16)17)9(15)12-4-5-14-7-8(11)6-13-14/h6-7H,4-5,11H2,1-3H3,(H,12,15). The third-order valence-corrected chi connectivity index (χ3v) is 4.79. The van der Waals surface area contributed by atoms with E-state index < -0.39 is 20.5 Å². The fraction of sp³-hybridized carbons (Fsp3) is 0.600. The van der Waals surface area contributed by atoms with E-state index >= 15 is 0 Å². The minimum Gasteiger partial charge on any atom is -0.396 e. The first-order valence-corrected chi connectivity index (χ1v) is 7.29. The molecular weight excluding hydrogens is 256 g/mol. The van der Waals surface area contributed by atoms with Crippen molar-refractivity contribution in [1.82, 2.24) is 15.1 Å². The molecule has 0 aliphatic rings. The Balaban J connectivity index is 2.52. The lowest BCUT2D eigenvalue weighted by Crippen LogP contribution is -2.48. The first-order chi connectivity index (χ1) is 8.14. The number of rotatable bonds is 5. The van der Waals surface area contributed by atoms with E-state index in [2.05, 4.69) is 10.4 Å². The number of anilines is 1. The zero-order chi connectivity index (χ0) is 14.0. The number of nitrogens with zero attached hydrogens (tertiary/aromatic N) is 2. The predicted octanol–water partition coefficient (Wildman–Crippen LogP) is -0.595. The van der Waals surface area contributed by atoms with Crippen LogP contribution in [0.1, 0.15) is 13.8 Å². The number of nitrogens with one attached hydrogen (secondary N) is 1. The van der Waals surface area contributed by atoms with E-state index in [0.29, 0.717) is 18.8 Å². The number of aromatic nitrogens is 2. The number of hydrogen-bond acceptors (Lipinski definition) is 5. The molecule has 7 nitrogen and oxygen atoms in total. The lowest BCUT2D eigenvalue weighted by atomic mass is 10.2. The van der Waals surface area contributed by atoms with Crippen molar-refractivity contribution in [2.75, 3.05) is 18.5 Å². The average molecular weight is 274 g/mol. The smallest absolute Gasteiger partial charge is 0.240 e. The quantitative estimate of drug-likeness (QED) is 0.746. The van der Waals surface area contributed by atoms with E-state index in [-0.39, 0.29) is 0 Å². The summed E-state index contributed by atoms with van der Waals surface area (Å²) in [5.41, 5.74) is 6.03. The van der Waals surface area contributed by atoms with Crippen LogP contribution in [-0.4, -0.2) is 41.7 Å². The van der Waals surface area contributed by atoms with Crippen molar-refractivity contribution in [1.29, 1.82) is 0 Å². The van der Waals surface area contributed by atoms with Crippen LogP contribution in [-0.2, 0) is 21.2 Å². The van der Waals surface area contributed by atoms with Gasteiger partial charge in [0, 0.05) is 19.0 Å². The molecule has 0 atom stereocenters. The molecule has 1 aromatic rings. The highest BCUT2D eigenvalue weighted by Crippen LogP contribution is 2.14. The SMILES string of the molecule is CC(C)(C(=O)NCCn1cc(N)cn1)S(C)(=O)=O. The van der Waals surface area contributed by atoms with Gasteiger partial charge in [0.1, 0.15) is 4.75 Å². The molecule has 0 fully saturated rings. The van der Waals surface area contributed by atoms with Crippen molar-refractivity contribution >= 4 is 21.4 Å². The van der Waals surface area contributed by atoms with Crippen LogP contribution < -0.4 is 11.1 Å². The van der Waals surface area contributed by atoms with Gasteiger partial charge in [-0.1, -0.05) is 0 Å². The first kappa shape index (κ1) is 14.5. The van der Waals surface area contributed by atoms with Crippen LogP contribution >= 0.6 is 0 Å². The Hall–Kier alpha value is -1.57. The molecule has 0 unspecified atom stereocenters. The second-order valence-corrected chi connectivity index (χ2v) is 7.14. The third-order valence-electron chi connectivity index (χ3n) is 2.75. The number of nitrogens with two attached hydrogens (primary N) is 1. The molecule has 102 valence electrons. The van der Waals surface area contributed by atoms with E-state index in [0.717, 1.165) is 6.26 Å². The van der Waals surface area contributed by atoms with Gasteiger partial charge in [-0.15, -0.1) is 0 Å². The van der Waals surface area contributed by atoms with Crippen LogP contribution in [0.4, 0.5) is 5.69 Å². The Morgan fingerprint density at radius 3 is 2.61 bits per heavy atom. The number of hydrogen-bond donors (Lipinski definition) is 2. The molecule has 0 radical (unpaired) electrons. The van der Waals surface area contributed by atoms with Gasteiger partial charge in [0.25, 0.3) is 0 Å². The van der Waals surface area contributed by atoms with E-state index in [9.17, 15) is 13.2 Å². The molecular formula is C10H18N4O3S. The molecule has 8 heteroatoms. The highest BCUT2D eigenvalue weighted by molar-refractivity contribution is 7.92. The monoisotopic (exact) mass is 274 g/mol. The summed E-state index contributed by atoms with van der Waals surface area (Å²) in [5, 5.41) is 6.51. The van der Waals surface area contributed by atoms with Gasteiger partial charge in [0.05, 0.1) is 18.4 Å². The lowest BCUT2D eigenvalue weighted by molar-refractivity contribution is -0.122. The van der Waals surface area contributed by atoms with Crippen molar-refractivity contribution in [3.63, 3.8) is 0 Å². The van der Waals surface area contributed by atoms with Crippen LogP contribution in [0.5, 0.6) is 0 Å². The van der Waals surface area contributed by atoms with Gasteiger partial charge in [0.15, 0.2) is 9.84 Å². The summed E-state index contributed by atoms with van der Waals surface area (Å²) in [6.07, 6.45) is 4.18. The molecule has 1 heterocycles. The Kier molecular flexibility index (Phi) is 4.00. The molecule has 18 heavy (non-hydrogen) atoms. The number of carbonyl (C=O) groups excluding carboxylic acids is 1. The zero-order valence-electron chi connectivity index (χ0n) is 10.7. The largest absolute Gasteiger partial charge is 0.396 e. The van der Waals surface area contributed by atoms with Gasteiger partial charge in [-0.3, -0.25) is 9.48 Å².